The van der Waals surface area contributed by atoms with Crippen molar-refractivity contribution in [3.63, 3.8) is 0 Å². The van der Waals surface area contributed by atoms with Crippen LogP contribution in [-0.4, -0.2) is 22.0 Å². The van der Waals surface area contributed by atoms with Gasteiger partial charge in [0.15, 0.2) is 0 Å². The number of aryl methyl sites for hydroxylation is 2. The van der Waals surface area contributed by atoms with E-state index in [1.807, 2.05) is 42.7 Å². The lowest BCUT2D eigenvalue weighted by Gasteiger charge is -2.23. The number of benzene rings is 2. The number of amides is 1. The summed E-state index contributed by atoms with van der Waals surface area (Å²) in [5, 5.41) is 3.10. The second kappa shape index (κ2) is 7.16. The normalized spacial score (nSPS) is 16.1. The molecule has 1 unspecified atom stereocenters. The number of imidazole rings is 1. The second-order valence-electron chi connectivity index (χ2n) is 6.98. The van der Waals surface area contributed by atoms with Crippen LogP contribution in [0.25, 0.3) is 11.1 Å². The summed E-state index contributed by atoms with van der Waals surface area (Å²) >= 11 is 0. The van der Waals surface area contributed by atoms with Gasteiger partial charge >= 0.3 is 0 Å². The van der Waals surface area contributed by atoms with Gasteiger partial charge < -0.3 is 9.88 Å². The fraction of sp³-hybridized carbons (Fsp3) is 0.273. The summed E-state index contributed by atoms with van der Waals surface area (Å²) in [4.78, 5) is 17.1. The van der Waals surface area contributed by atoms with Gasteiger partial charge in [0.05, 0.1) is 0 Å². The number of carbonyl (C=O) groups is 1. The van der Waals surface area contributed by atoms with Crippen LogP contribution in [0.5, 0.6) is 0 Å². The Kier molecular flexibility index (Phi) is 4.57. The Morgan fingerprint density at radius 1 is 1.19 bits per heavy atom. The summed E-state index contributed by atoms with van der Waals surface area (Å²) in [5.41, 5.74) is 4.11. The standard InChI is InChI=1S/C22H23N3O/c1-16-5-2-6-17(13-16)18-7-3-8-19(14-18)22(26)24-15-20-9-4-11-25-12-10-23-21(20)25/h2-3,5-8,10,12-14,20H,4,9,11,15H2,1H3,(H,24,26). The van der Waals surface area contributed by atoms with Crippen LogP contribution in [-0.2, 0) is 6.54 Å². The summed E-state index contributed by atoms with van der Waals surface area (Å²) in [6.07, 6.45) is 6.07. The first-order valence-corrected chi connectivity index (χ1v) is 9.17. The van der Waals surface area contributed by atoms with Gasteiger partial charge in [-0.25, -0.2) is 4.98 Å². The topological polar surface area (TPSA) is 46.9 Å². The molecule has 2 heterocycles. The number of nitrogens with one attached hydrogen (secondary N) is 1. The summed E-state index contributed by atoms with van der Waals surface area (Å²) in [6, 6.07) is 16.2. The molecule has 4 rings (SSSR count). The Balaban J connectivity index is 1.47. The smallest absolute Gasteiger partial charge is 0.251 e. The average molecular weight is 345 g/mol. The van der Waals surface area contributed by atoms with E-state index >= 15 is 0 Å². The summed E-state index contributed by atoms with van der Waals surface area (Å²) in [7, 11) is 0. The second-order valence-corrected chi connectivity index (χ2v) is 6.98. The summed E-state index contributed by atoms with van der Waals surface area (Å²) in [5.74, 6) is 1.36. The summed E-state index contributed by atoms with van der Waals surface area (Å²) < 4.78 is 2.19. The molecule has 0 saturated heterocycles. The number of hydrogen-bond acceptors (Lipinski definition) is 2. The first-order valence-electron chi connectivity index (χ1n) is 9.17. The van der Waals surface area contributed by atoms with Crippen LogP contribution in [0.1, 0.15) is 40.5 Å². The van der Waals surface area contributed by atoms with E-state index in [4.69, 9.17) is 0 Å². The van der Waals surface area contributed by atoms with Crippen molar-refractivity contribution in [2.45, 2.75) is 32.2 Å². The third-order valence-corrected chi connectivity index (χ3v) is 5.05. The Hall–Kier alpha value is -2.88. The molecule has 1 aliphatic rings. The van der Waals surface area contributed by atoms with Crippen LogP contribution >= 0.6 is 0 Å². The fourth-order valence-electron chi connectivity index (χ4n) is 3.68. The predicted octanol–water partition coefficient (Wildman–Crippen LogP) is 4.17. The molecule has 0 bridgehead atoms. The van der Waals surface area contributed by atoms with Crippen molar-refractivity contribution in [2.75, 3.05) is 6.54 Å². The zero-order chi connectivity index (χ0) is 17.9. The molecule has 3 aromatic rings. The monoisotopic (exact) mass is 345 g/mol. The van der Waals surface area contributed by atoms with E-state index in [1.165, 1.54) is 5.56 Å². The Labute approximate surface area is 153 Å². The van der Waals surface area contributed by atoms with Crippen LogP contribution in [0, 0.1) is 6.92 Å². The third kappa shape index (κ3) is 3.40. The summed E-state index contributed by atoms with van der Waals surface area (Å²) in [6.45, 7) is 3.73. The van der Waals surface area contributed by atoms with Gasteiger partial charge in [-0.15, -0.1) is 0 Å². The van der Waals surface area contributed by atoms with Gasteiger partial charge in [0, 0.05) is 37.0 Å². The SMILES string of the molecule is Cc1cccc(-c2cccc(C(=O)NCC3CCCn4ccnc43)c2)c1. The zero-order valence-corrected chi connectivity index (χ0v) is 15.0. The Morgan fingerprint density at radius 3 is 2.85 bits per heavy atom. The first kappa shape index (κ1) is 16.6. The molecule has 1 aromatic heterocycles. The molecule has 0 spiro atoms. The Morgan fingerprint density at radius 2 is 2.00 bits per heavy atom. The van der Waals surface area contributed by atoms with E-state index in [-0.39, 0.29) is 5.91 Å². The molecule has 0 saturated carbocycles. The van der Waals surface area contributed by atoms with Crippen molar-refractivity contribution >= 4 is 5.91 Å². The molecular weight excluding hydrogens is 322 g/mol. The first-order chi connectivity index (χ1) is 12.7. The molecule has 0 fully saturated rings. The molecular formula is C22H23N3O. The lowest BCUT2D eigenvalue weighted by molar-refractivity contribution is 0.0949. The molecule has 0 aliphatic carbocycles. The number of rotatable bonds is 4. The van der Waals surface area contributed by atoms with E-state index in [2.05, 4.69) is 40.0 Å². The van der Waals surface area contributed by atoms with Gasteiger partial charge in [-0.1, -0.05) is 42.0 Å². The van der Waals surface area contributed by atoms with E-state index in [1.54, 1.807) is 0 Å². The van der Waals surface area contributed by atoms with Crippen molar-refractivity contribution in [3.8, 4) is 11.1 Å². The molecule has 4 heteroatoms. The highest BCUT2D eigenvalue weighted by atomic mass is 16.1. The van der Waals surface area contributed by atoms with Crippen molar-refractivity contribution < 1.29 is 4.79 Å². The highest BCUT2D eigenvalue weighted by Crippen LogP contribution is 2.25. The van der Waals surface area contributed by atoms with Gasteiger partial charge in [-0.2, -0.15) is 0 Å². The zero-order valence-electron chi connectivity index (χ0n) is 15.0. The molecule has 1 amide bonds. The quantitative estimate of drug-likeness (QED) is 0.771. The van der Waals surface area contributed by atoms with E-state index in [0.717, 1.165) is 36.3 Å². The number of fused-ring (bicyclic) bond motifs is 1. The van der Waals surface area contributed by atoms with Gasteiger partial charge in [0.2, 0.25) is 0 Å². The number of aromatic nitrogens is 2. The van der Waals surface area contributed by atoms with Crippen LogP contribution < -0.4 is 5.32 Å². The van der Waals surface area contributed by atoms with Gasteiger partial charge in [-0.3, -0.25) is 4.79 Å². The average Bonchev–Trinajstić information content (AvgIpc) is 3.15. The van der Waals surface area contributed by atoms with Crippen LogP contribution in [0.15, 0.2) is 60.9 Å². The molecule has 1 atom stereocenters. The lowest BCUT2D eigenvalue weighted by Crippen LogP contribution is -2.31. The van der Waals surface area contributed by atoms with Crippen LogP contribution in [0.3, 0.4) is 0 Å². The van der Waals surface area contributed by atoms with Crippen LogP contribution in [0.4, 0.5) is 0 Å². The van der Waals surface area contributed by atoms with E-state index < -0.39 is 0 Å². The predicted molar refractivity (Wildman–Crippen MR) is 103 cm³/mol. The van der Waals surface area contributed by atoms with E-state index in [9.17, 15) is 4.79 Å². The Bertz CT molecular complexity index is 928. The van der Waals surface area contributed by atoms with Crippen molar-refractivity contribution in [3.05, 3.63) is 77.9 Å². The van der Waals surface area contributed by atoms with Crippen molar-refractivity contribution in [1.29, 1.82) is 0 Å². The van der Waals surface area contributed by atoms with Gasteiger partial charge in [0.25, 0.3) is 5.91 Å². The molecule has 132 valence electrons. The largest absolute Gasteiger partial charge is 0.351 e. The molecule has 0 radical (unpaired) electrons. The maximum atomic E-state index is 12.6. The maximum absolute atomic E-state index is 12.6. The number of hydrogen-bond donors (Lipinski definition) is 1. The van der Waals surface area contributed by atoms with E-state index in [0.29, 0.717) is 18.0 Å². The minimum absolute atomic E-state index is 0.0248. The lowest BCUT2D eigenvalue weighted by atomic mass is 9.98. The molecule has 26 heavy (non-hydrogen) atoms. The number of carbonyl (C=O) groups excluding carboxylic acids is 1. The third-order valence-electron chi connectivity index (χ3n) is 5.05. The van der Waals surface area contributed by atoms with Crippen LogP contribution in [0.2, 0.25) is 0 Å². The molecule has 2 aromatic carbocycles. The van der Waals surface area contributed by atoms with Gasteiger partial charge in [-0.05, 0) is 43.0 Å². The molecule has 4 nitrogen and oxygen atoms in total. The highest BCUT2D eigenvalue weighted by molar-refractivity contribution is 5.95. The number of nitrogens with zero attached hydrogens (tertiary/aromatic N) is 2. The minimum Gasteiger partial charge on any atom is -0.351 e. The highest BCUT2D eigenvalue weighted by Gasteiger charge is 2.22. The molecule has 1 N–H and O–H groups in total. The fourth-order valence-corrected chi connectivity index (χ4v) is 3.68. The minimum atomic E-state index is -0.0248. The molecule has 1 aliphatic heterocycles. The van der Waals surface area contributed by atoms with Crippen molar-refractivity contribution in [1.82, 2.24) is 14.9 Å². The van der Waals surface area contributed by atoms with Crippen molar-refractivity contribution in [2.24, 2.45) is 0 Å². The van der Waals surface area contributed by atoms with Gasteiger partial charge in [0.1, 0.15) is 5.82 Å². The maximum Gasteiger partial charge on any atom is 0.251 e.